The van der Waals surface area contributed by atoms with E-state index in [1.807, 2.05) is 6.07 Å². The molecule has 0 heterocycles. The zero-order valence-electron chi connectivity index (χ0n) is 13.5. The molecule has 22 heavy (non-hydrogen) atoms. The van der Waals surface area contributed by atoms with Gasteiger partial charge in [-0.3, -0.25) is 0 Å². The Morgan fingerprint density at radius 3 is 2.77 bits per heavy atom. The lowest BCUT2D eigenvalue weighted by Crippen LogP contribution is -2.43. The second-order valence-corrected chi connectivity index (χ2v) is 7.74. The number of benzene rings is 1. The average Bonchev–Trinajstić information content (AvgIpc) is 2.83. The van der Waals surface area contributed by atoms with E-state index in [9.17, 15) is 10.2 Å². The molecule has 2 saturated carbocycles. The van der Waals surface area contributed by atoms with Crippen LogP contribution in [-0.2, 0) is 6.42 Å². The zero-order chi connectivity index (χ0) is 15.5. The maximum atomic E-state index is 10.4. The Kier molecular flexibility index (Phi) is 3.19. The lowest BCUT2D eigenvalue weighted by molar-refractivity contribution is -0.0227. The number of hydrogen-bond donors (Lipinski definition) is 2. The minimum Gasteiger partial charge on any atom is -0.504 e. The van der Waals surface area contributed by atoms with Gasteiger partial charge in [-0.05, 0) is 73.3 Å². The van der Waals surface area contributed by atoms with Gasteiger partial charge in [0.1, 0.15) is 0 Å². The molecule has 0 amide bonds. The van der Waals surface area contributed by atoms with Gasteiger partial charge in [0.05, 0.1) is 13.2 Å². The minimum absolute atomic E-state index is 0.118. The van der Waals surface area contributed by atoms with E-state index in [0.717, 1.165) is 44.1 Å². The maximum Gasteiger partial charge on any atom is 0.161 e. The van der Waals surface area contributed by atoms with Crippen molar-refractivity contribution in [2.75, 3.05) is 7.11 Å². The molecule has 4 rings (SSSR count). The van der Waals surface area contributed by atoms with Crippen molar-refractivity contribution < 1.29 is 14.9 Å². The molecule has 0 spiro atoms. The molecule has 3 heteroatoms. The fourth-order valence-corrected chi connectivity index (χ4v) is 5.76. The SMILES string of the molecule is COc1ccc2c(c1O)CC[C@H]1[C@@H]2CC[C@]2(C)[C@H](O)CC[C@H]12. The van der Waals surface area contributed by atoms with Crippen LogP contribution in [0.1, 0.15) is 56.1 Å². The van der Waals surface area contributed by atoms with Crippen molar-refractivity contribution in [2.24, 2.45) is 17.3 Å². The Hall–Kier alpha value is -1.22. The molecule has 1 aromatic rings. The second kappa shape index (κ2) is 4.89. The lowest BCUT2D eigenvalue weighted by atomic mass is 9.55. The number of ether oxygens (including phenoxy) is 1. The summed E-state index contributed by atoms with van der Waals surface area (Å²) in [5, 5.41) is 20.9. The standard InChI is InChI=1S/C19H26O3/c1-19-10-9-12-11-5-7-16(22-2)18(21)14(11)4-3-13(12)15(19)6-8-17(19)20/h5,7,12-13,15,17,20-21H,3-4,6,8-10H2,1-2H3/t12-,13+,15-,17-,19+/m1/s1. The molecule has 3 nitrogen and oxygen atoms in total. The van der Waals surface area contributed by atoms with Gasteiger partial charge in [0.25, 0.3) is 0 Å². The fourth-order valence-electron chi connectivity index (χ4n) is 5.76. The number of aliphatic hydroxyl groups is 1. The van der Waals surface area contributed by atoms with Crippen LogP contribution in [0.5, 0.6) is 11.5 Å². The minimum atomic E-state index is -0.121. The molecule has 2 N–H and O–H groups in total. The third kappa shape index (κ3) is 1.78. The number of aromatic hydroxyl groups is 1. The molecule has 0 radical (unpaired) electrons. The third-order valence-corrected chi connectivity index (χ3v) is 7.02. The Bertz CT molecular complexity index is 597. The fraction of sp³-hybridized carbons (Fsp3) is 0.684. The van der Waals surface area contributed by atoms with Gasteiger partial charge in [-0.1, -0.05) is 13.0 Å². The van der Waals surface area contributed by atoms with E-state index in [2.05, 4.69) is 13.0 Å². The number of phenols is 1. The molecular formula is C19H26O3. The molecule has 2 fully saturated rings. The summed E-state index contributed by atoms with van der Waals surface area (Å²) in [6.07, 6.45) is 6.30. The second-order valence-electron chi connectivity index (χ2n) is 7.74. The Morgan fingerprint density at radius 1 is 1.18 bits per heavy atom. The number of fused-ring (bicyclic) bond motifs is 5. The van der Waals surface area contributed by atoms with Crippen molar-refractivity contribution in [3.63, 3.8) is 0 Å². The van der Waals surface area contributed by atoms with Crippen LogP contribution in [0.15, 0.2) is 12.1 Å². The Labute approximate surface area is 132 Å². The van der Waals surface area contributed by atoms with Crippen LogP contribution in [-0.4, -0.2) is 23.4 Å². The summed E-state index contributed by atoms with van der Waals surface area (Å²) in [5.41, 5.74) is 2.55. The van der Waals surface area contributed by atoms with Crippen molar-refractivity contribution in [2.45, 2.75) is 57.5 Å². The first-order valence-corrected chi connectivity index (χ1v) is 8.63. The van der Waals surface area contributed by atoms with Gasteiger partial charge in [-0.25, -0.2) is 0 Å². The third-order valence-electron chi connectivity index (χ3n) is 7.02. The molecule has 5 atom stereocenters. The lowest BCUT2D eigenvalue weighted by Gasteiger charge is -2.50. The predicted octanol–water partition coefficient (Wildman–Crippen LogP) is 3.62. The van der Waals surface area contributed by atoms with E-state index < -0.39 is 0 Å². The Morgan fingerprint density at radius 2 is 2.00 bits per heavy atom. The molecule has 0 bridgehead atoms. The monoisotopic (exact) mass is 302 g/mol. The highest BCUT2D eigenvalue weighted by Crippen LogP contribution is 2.61. The highest BCUT2D eigenvalue weighted by Gasteiger charge is 2.54. The number of aliphatic hydroxyl groups excluding tert-OH is 1. The molecule has 0 aliphatic heterocycles. The van der Waals surface area contributed by atoms with Gasteiger partial charge in [-0.15, -0.1) is 0 Å². The van der Waals surface area contributed by atoms with Gasteiger partial charge in [0.2, 0.25) is 0 Å². The van der Waals surface area contributed by atoms with Gasteiger partial charge in [0.15, 0.2) is 11.5 Å². The van der Waals surface area contributed by atoms with Crippen molar-refractivity contribution in [3.05, 3.63) is 23.3 Å². The summed E-state index contributed by atoms with van der Waals surface area (Å²) in [5.74, 6) is 2.78. The predicted molar refractivity (Wildman–Crippen MR) is 85.3 cm³/mol. The summed E-state index contributed by atoms with van der Waals surface area (Å²) in [4.78, 5) is 0. The van der Waals surface area contributed by atoms with Crippen LogP contribution in [0, 0.1) is 17.3 Å². The molecular weight excluding hydrogens is 276 g/mol. The molecule has 120 valence electrons. The van der Waals surface area contributed by atoms with E-state index >= 15 is 0 Å². The maximum absolute atomic E-state index is 10.4. The van der Waals surface area contributed by atoms with Crippen molar-refractivity contribution >= 4 is 0 Å². The van der Waals surface area contributed by atoms with Gasteiger partial charge >= 0.3 is 0 Å². The normalized spacial score (nSPS) is 39.8. The first-order chi connectivity index (χ1) is 10.6. The molecule has 1 aromatic carbocycles. The highest BCUT2D eigenvalue weighted by atomic mass is 16.5. The molecule has 3 aliphatic carbocycles. The average molecular weight is 302 g/mol. The van der Waals surface area contributed by atoms with Crippen LogP contribution in [0.3, 0.4) is 0 Å². The van der Waals surface area contributed by atoms with Crippen molar-refractivity contribution in [1.82, 2.24) is 0 Å². The number of hydrogen-bond acceptors (Lipinski definition) is 3. The molecule has 0 unspecified atom stereocenters. The first-order valence-electron chi connectivity index (χ1n) is 8.63. The van der Waals surface area contributed by atoms with E-state index in [-0.39, 0.29) is 11.5 Å². The topological polar surface area (TPSA) is 49.7 Å². The summed E-state index contributed by atoms with van der Waals surface area (Å²) in [6.45, 7) is 2.30. The van der Waals surface area contributed by atoms with Crippen molar-refractivity contribution in [3.8, 4) is 11.5 Å². The van der Waals surface area contributed by atoms with Crippen molar-refractivity contribution in [1.29, 1.82) is 0 Å². The first kappa shape index (κ1) is 14.4. The largest absolute Gasteiger partial charge is 0.504 e. The van der Waals surface area contributed by atoms with E-state index in [1.165, 1.54) is 5.56 Å². The van der Waals surface area contributed by atoms with Gasteiger partial charge < -0.3 is 14.9 Å². The summed E-state index contributed by atoms with van der Waals surface area (Å²) in [6, 6.07) is 4.08. The van der Waals surface area contributed by atoms with E-state index in [1.54, 1.807) is 7.11 Å². The molecule has 0 saturated heterocycles. The highest BCUT2D eigenvalue weighted by molar-refractivity contribution is 5.52. The number of methoxy groups -OCH3 is 1. The summed E-state index contributed by atoms with van der Waals surface area (Å²) in [7, 11) is 1.61. The van der Waals surface area contributed by atoms with Crippen LogP contribution >= 0.6 is 0 Å². The number of rotatable bonds is 1. The summed E-state index contributed by atoms with van der Waals surface area (Å²) >= 11 is 0. The van der Waals surface area contributed by atoms with E-state index in [0.29, 0.717) is 29.3 Å². The molecule has 0 aromatic heterocycles. The number of phenolic OH excluding ortho intramolecular Hbond substituents is 1. The quantitative estimate of drug-likeness (QED) is 0.833. The van der Waals surface area contributed by atoms with Crippen LogP contribution in [0.2, 0.25) is 0 Å². The van der Waals surface area contributed by atoms with E-state index in [4.69, 9.17) is 4.74 Å². The van der Waals surface area contributed by atoms with Crippen LogP contribution in [0.25, 0.3) is 0 Å². The zero-order valence-corrected chi connectivity index (χ0v) is 13.5. The Balaban J connectivity index is 1.72. The van der Waals surface area contributed by atoms with Gasteiger partial charge in [0, 0.05) is 5.56 Å². The summed E-state index contributed by atoms with van der Waals surface area (Å²) < 4.78 is 5.26. The molecule has 3 aliphatic rings. The van der Waals surface area contributed by atoms with Crippen LogP contribution in [0.4, 0.5) is 0 Å². The van der Waals surface area contributed by atoms with Gasteiger partial charge in [-0.2, -0.15) is 0 Å². The van der Waals surface area contributed by atoms with Crippen LogP contribution < -0.4 is 4.74 Å². The smallest absolute Gasteiger partial charge is 0.161 e.